The second-order valence-corrected chi connectivity index (χ2v) is 6.52. The Morgan fingerprint density at radius 1 is 1.14 bits per heavy atom. The molecular formula is C20H20F3N3O2. The standard InChI is InChI=1S/C20H20F3N3O2/c21-20(22,23)15-7-3-1-6-14(15)18(27)11-26-19(28)16(24)9-12-10-25-17-8-4-2-5-13(12)17/h1-8,10,16,18,25,27H,9,11,24H2,(H,26,28)/t16-,18?/m1/s1. The van der Waals surface area contributed by atoms with Gasteiger partial charge in [-0.1, -0.05) is 36.4 Å². The number of alkyl halides is 3. The number of nitrogens with two attached hydrogens (primary N) is 1. The van der Waals surface area contributed by atoms with E-state index >= 15 is 0 Å². The fourth-order valence-electron chi connectivity index (χ4n) is 3.11. The van der Waals surface area contributed by atoms with E-state index in [1.165, 1.54) is 18.2 Å². The van der Waals surface area contributed by atoms with Crippen molar-refractivity contribution in [3.8, 4) is 0 Å². The first kappa shape index (κ1) is 19.9. The van der Waals surface area contributed by atoms with Crippen molar-refractivity contribution in [2.75, 3.05) is 6.54 Å². The molecule has 0 aliphatic carbocycles. The Hall–Kier alpha value is -2.84. The average molecular weight is 391 g/mol. The summed E-state index contributed by atoms with van der Waals surface area (Å²) in [6, 6.07) is 11.4. The third kappa shape index (κ3) is 4.35. The van der Waals surface area contributed by atoms with Crippen LogP contribution < -0.4 is 11.1 Å². The van der Waals surface area contributed by atoms with Crippen LogP contribution in [0.25, 0.3) is 10.9 Å². The summed E-state index contributed by atoms with van der Waals surface area (Å²) in [5.41, 5.74) is 6.50. The Balaban J connectivity index is 1.62. The van der Waals surface area contributed by atoms with Crippen molar-refractivity contribution in [1.82, 2.24) is 10.3 Å². The normalized spacial score (nSPS) is 14.0. The van der Waals surface area contributed by atoms with Crippen LogP contribution >= 0.6 is 0 Å². The molecule has 3 rings (SSSR count). The largest absolute Gasteiger partial charge is 0.416 e. The van der Waals surface area contributed by atoms with Crippen LogP contribution in [-0.2, 0) is 17.4 Å². The Bertz CT molecular complexity index is 968. The van der Waals surface area contributed by atoms with Gasteiger partial charge in [-0.25, -0.2) is 0 Å². The summed E-state index contributed by atoms with van der Waals surface area (Å²) in [6.45, 7) is -0.368. The molecule has 3 aromatic rings. The first-order valence-corrected chi connectivity index (χ1v) is 8.70. The topological polar surface area (TPSA) is 91.1 Å². The fraction of sp³-hybridized carbons (Fsp3) is 0.250. The predicted molar refractivity (Wildman–Crippen MR) is 99.4 cm³/mol. The smallest absolute Gasteiger partial charge is 0.387 e. The lowest BCUT2D eigenvalue weighted by Crippen LogP contribution is -2.43. The quantitative estimate of drug-likeness (QED) is 0.521. The van der Waals surface area contributed by atoms with Gasteiger partial charge in [0.1, 0.15) is 0 Å². The summed E-state index contributed by atoms with van der Waals surface area (Å²) in [7, 11) is 0. The van der Waals surface area contributed by atoms with Gasteiger partial charge in [-0.3, -0.25) is 4.79 Å². The van der Waals surface area contributed by atoms with Crippen molar-refractivity contribution < 1.29 is 23.1 Å². The number of rotatable bonds is 6. The molecule has 1 heterocycles. The minimum atomic E-state index is -4.59. The zero-order valence-electron chi connectivity index (χ0n) is 14.8. The van der Waals surface area contributed by atoms with E-state index in [4.69, 9.17) is 5.73 Å². The zero-order chi connectivity index (χ0) is 20.3. The van der Waals surface area contributed by atoms with Crippen LogP contribution in [0.1, 0.15) is 22.8 Å². The monoisotopic (exact) mass is 391 g/mol. The van der Waals surface area contributed by atoms with Crippen LogP contribution in [0.4, 0.5) is 13.2 Å². The highest BCUT2D eigenvalue weighted by atomic mass is 19.4. The molecule has 0 saturated heterocycles. The van der Waals surface area contributed by atoms with Gasteiger partial charge in [0.05, 0.1) is 17.7 Å². The predicted octanol–water partition coefficient (Wildman–Crippen LogP) is 2.91. The molecule has 1 unspecified atom stereocenters. The first-order valence-electron chi connectivity index (χ1n) is 8.70. The van der Waals surface area contributed by atoms with E-state index in [2.05, 4.69) is 10.3 Å². The maximum absolute atomic E-state index is 13.1. The number of carbonyl (C=O) groups excluding carboxylic acids is 1. The number of hydrogen-bond donors (Lipinski definition) is 4. The van der Waals surface area contributed by atoms with Crippen molar-refractivity contribution in [2.45, 2.75) is 24.7 Å². The number of aromatic amines is 1. The summed E-state index contributed by atoms with van der Waals surface area (Å²) < 4.78 is 39.2. The molecule has 8 heteroatoms. The van der Waals surface area contributed by atoms with Gasteiger partial charge in [-0.2, -0.15) is 13.2 Å². The Morgan fingerprint density at radius 3 is 2.57 bits per heavy atom. The van der Waals surface area contributed by atoms with Crippen LogP contribution in [0.3, 0.4) is 0 Å². The number of aromatic nitrogens is 1. The SMILES string of the molecule is N[C@H](Cc1c[nH]c2ccccc12)C(=O)NCC(O)c1ccccc1C(F)(F)F. The van der Waals surface area contributed by atoms with E-state index in [1.54, 1.807) is 6.20 Å². The molecule has 28 heavy (non-hydrogen) atoms. The van der Waals surface area contributed by atoms with Crippen LogP contribution in [0.2, 0.25) is 0 Å². The van der Waals surface area contributed by atoms with Crippen LogP contribution in [-0.4, -0.2) is 28.6 Å². The van der Waals surface area contributed by atoms with E-state index in [0.717, 1.165) is 22.5 Å². The summed E-state index contributed by atoms with van der Waals surface area (Å²) in [5, 5.41) is 13.5. The lowest BCUT2D eigenvalue weighted by Gasteiger charge is -2.19. The molecule has 0 aliphatic heterocycles. The van der Waals surface area contributed by atoms with Crippen molar-refractivity contribution in [1.29, 1.82) is 0 Å². The number of para-hydroxylation sites is 1. The van der Waals surface area contributed by atoms with E-state index in [1.807, 2.05) is 24.3 Å². The van der Waals surface area contributed by atoms with Gasteiger partial charge in [0.2, 0.25) is 5.91 Å². The molecule has 0 bridgehead atoms. The molecule has 2 atom stereocenters. The summed E-state index contributed by atoms with van der Waals surface area (Å²) >= 11 is 0. The van der Waals surface area contributed by atoms with Gasteiger partial charge < -0.3 is 21.1 Å². The molecule has 2 aromatic carbocycles. The van der Waals surface area contributed by atoms with E-state index < -0.39 is 29.8 Å². The molecule has 0 saturated carbocycles. The van der Waals surface area contributed by atoms with Gasteiger partial charge in [0.25, 0.3) is 0 Å². The maximum atomic E-state index is 13.1. The van der Waals surface area contributed by atoms with Crippen molar-refractivity contribution in [3.05, 3.63) is 71.4 Å². The number of amides is 1. The molecule has 1 amide bonds. The average Bonchev–Trinajstić information content (AvgIpc) is 3.08. The number of nitrogens with one attached hydrogen (secondary N) is 2. The second-order valence-electron chi connectivity index (χ2n) is 6.52. The number of hydrogen-bond acceptors (Lipinski definition) is 3. The molecule has 148 valence electrons. The summed E-state index contributed by atoms with van der Waals surface area (Å²) in [5.74, 6) is -0.547. The third-order valence-corrected chi connectivity index (χ3v) is 4.55. The highest BCUT2D eigenvalue weighted by molar-refractivity contribution is 5.86. The number of H-pyrrole nitrogens is 1. The first-order chi connectivity index (χ1) is 13.3. The molecular weight excluding hydrogens is 371 g/mol. The summed E-state index contributed by atoms with van der Waals surface area (Å²) in [6.07, 6.45) is -4.06. The van der Waals surface area contributed by atoms with Gasteiger partial charge in [0.15, 0.2) is 0 Å². The molecule has 5 nitrogen and oxygen atoms in total. The number of aliphatic hydroxyl groups is 1. The van der Waals surface area contributed by atoms with Crippen LogP contribution in [0.5, 0.6) is 0 Å². The van der Waals surface area contributed by atoms with Crippen molar-refractivity contribution in [2.24, 2.45) is 5.73 Å². The second kappa shape index (κ2) is 8.04. The molecule has 0 spiro atoms. The van der Waals surface area contributed by atoms with Crippen molar-refractivity contribution in [3.63, 3.8) is 0 Å². The minimum Gasteiger partial charge on any atom is -0.387 e. The maximum Gasteiger partial charge on any atom is 0.416 e. The molecule has 0 radical (unpaired) electrons. The van der Waals surface area contributed by atoms with Crippen LogP contribution in [0.15, 0.2) is 54.7 Å². The number of aliphatic hydroxyl groups excluding tert-OH is 1. The van der Waals surface area contributed by atoms with E-state index in [-0.39, 0.29) is 18.5 Å². The van der Waals surface area contributed by atoms with Gasteiger partial charge in [0, 0.05) is 23.6 Å². The number of fused-ring (bicyclic) bond motifs is 1. The fourth-order valence-corrected chi connectivity index (χ4v) is 3.11. The molecule has 0 aliphatic rings. The Kier molecular flexibility index (Phi) is 5.71. The highest BCUT2D eigenvalue weighted by Crippen LogP contribution is 2.34. The molecule has 1 aromatic heterocycles. The van der Waals surface area contributed by atoms with E-state index in [0.29, 0.717) is 0 Å². The van der Waals surface area contributed by atoms with Crippen molar-refractivity contribution >= 4 is 16.8 Å². The number of benzene rings is 2. The number of carbonyl (C=O) groups is 1. The lowest BCUT2D eigenvalue weighted by molar-refractivity contribution is -0.139. The third-order valence-electron chi connectivity index (χ3n) is 4.55. The van der Waals surface area contributed by atoms with Gasteiger partial charge >= 0.3 is 6.18 Å². The van der Waals surface area contributed by atoms with E-state index in [9.17, 15) is 23.1 Å². The minimum absolute atomic E-state index is 0.255. The van der Waals surface area contributed by atoms with Crippen LogP contribution in [0, 0.1) is 0 Å². The molecule has 5 N–H and O–H groups in total. The Morgan fingerprint density at radius 2 is 1.82 bits per heavy atom. The summed E-state index contributed by atoms with van der Waals surface area (Å²) in [4.78, 5) is 15.3. The Labute approximate surface area is 159 Å². The lowest BCUT2D eigenvalue weighted by atomic mass is 10.0. The number of halogens is 3. The van der Waals surface area contributed by atoms with Gasteiger partial charge in [-0.05, 0) is 29.7 Å². The highest BCUT2D eigenvalue weighted by Gasteiger charge is 2.34. The van der Waals surface area contributed by atoms with Gasteiger partial charge in [-0.15, -0.1) is 0 Å². The zero-order valence-corrected chi connectivity index (χ0v) is 14.8. The molecule has 0 fully saturated rings.